The molecule has 0 aromatic heterocycles. The first-order valence-corrected chi connectivity index (χ1v) is 16.2. The van der Waals surface area contributed by atoms with Crippen LogP contribution in [0.5, 0.6) is 0 Å². The summed E-state index contributed by atoms with van der Waals surface area (Å²) in [4.78, 5) is 29.3. The van der Waals surface area contributed by atoms with Gasteiger partial charge in [-0.3, -0.25) is 13.9 Å². The Morgan fingerprint density at radius 3 is 2.02 bits per heavy atom. The van der Waals surface area contributed by atoms with Gasteiger partial charge in [-0.15, -0.1) is 0 Å². The zero-order valence-electron chi connectivity index (χ0n) is 25.0. The van der Waals surface area contributed by atoms with Crippen LogP contribution in [0.1, 0.15) is 37.0 Å². The van der Waals surface area contributed by atoms with Crippen molar-refractivity contribution in [1.29, 1.82) is 0 Å². The second-order valence-electron chi connectivity index (χ2n) is 10.5. The molecular formula is C35H38FN3O4S. The molecule has 0 heterocycles. The summed E-state index contributed by atoms with van der Waals surface area (Å²) in [6.07, 6.45) is 1.60. The van der Waals surface area contributed by atoms with E-state index < -0.39 is 40.2 Å². The molecule has 0 aliphatic heterocycles. The van der Waals surface area contributed by atoms with Crippen LogP contribution in [0.15, 0.2) is 114 Å². The van der Waals surface area contributed by atoms with Crippen LogP contribution < -0.4 is 9.62 Å². The Bertz CT molecular complexity index is 1630. The third kappa shape index (κ3) is 8.11. The van der Waals surface area contributed by atoms with Gasteiger partial charge in [-0.2, -0.15) is 0 Å². The fraction of sp³-hybridized carbons (Fsp3) is 0.257. The monoisotopic (exact) mass is 615 g/mol. The number of sulfonamides is 1. The van der Waals surface area contributed by atoms with Crippen LogP contribution in [-0.4, -0.2) is 44.3 Å². The standard InChI is InChI=1S/C35H38FN3O4S/c1-3-23-37-35(41)33(24-28-13-7-5-8-14-28)38(25-29-15-11-12-18-32(29)36)34(40)26-39(30-21-19-27(4-2)20-22-30)44(42,43)31-16-9-6-10-17-31/h5-22,33H,3-4,23-26H2,1-2H3,(H,37,41). The van der Waals surface area contributed by atoms with Gasteiger partial charge in [-0.05, 0) is 54.3 Å². The Hall–Kier alpha value is -4.50. The summed E-state index contributed by atoms with van der Waals surface area (Å²) in [5.41, 5.74) is 2.33. The number of hydrogen-bond acceptors (Lipinski definition) is 4. The molecule has 4 aromatic carbocycles. The molecule has 0 saturated heterocycles. The van der Waals surface area contributed by atoms with Crippen molar-refractivity contribution >= 4 is 27.5 Å². The molecule has 1 atom stereocenters. The zero-order chi connectivity index (χ0) is 31.5. The molecule has 0 aliphatic rings. The topological polar surface area (TPSA) is 86.8 Å². The Kier molecular flexibility index (Phi) is 11.3. The molecule has 4 aromatic rings. The molecule has 0 radical (unpaired) electrons. The second-order valence-corrected chi connectivity index (χ2v) is 12.3. The third-order valence-corrected chi connectivity index (χ3v) is 9.15. The fourth-order valence-corrected chi connectivity index (χ4v) is 6.31. The highest BCUT2D eigenvalue weighted by atomic mass is 32.2. The van der Waals surface area contributed by atoms with E-state index in [4.69, 9.17) is 0 Å². The van der Waals surface area contributed by atoms with Crippen molar-refractivity contribution in [2.24, 2.45) is 0 Å². The smallest absolute Gasteiger partial charge is 0.264 e. The van der Waals surface area contributed by atoms with Gasteiger partial charge in [0.2, 0.25) is 11.8 Å². The van der Waals surface area contributed by atoms with E-state index >= 15 is 0 Å². The molecule has 4 rings (SSSR count). The van der Waals surface area contributed by atoms with Crippen LogP contribution in [0.3, 0.4) is 0 Å². The van der Waals surface area contributed by atoms with Gasteiger partial charge in [0.05, 0.1) is 10.6 Å². The highest BCUT2D eigenvalue weighted by Gasteiger charge is 2.34. The first kappa shape index (κ1) is 32.4. The average molecular weight is 616 g/mol. The largest absolute Gasteiger partial charge is 0.354 e. The number of carbonyl (C=O) groups is 2. The van der Waals surface area contributed by atoms with E-state index in [1.54, 1.807) is 48.5 Å². The number of hydrogen-bond donors (Lipinski definition) is 1. The van der Waals surface area contributed by atoms with Crippen LogP contribution in [0, 0.1) is 5.82 Å². The molecule has 7 nitrogen and oxygen atoms in total. The number of carbonyl (C=O) groups excluding carboxylic acids is 2. The zero-order valence-corrected chi connectivity index (χ0v) is 25.8. The van der Waals surface area contributed by atoms with Crippen LogP contribution in [0.4, 0.5) is 10.1 Å². The number of rotatable bonds is 14. The van der Waals surface area contributed by atoms with Crippen LogP contribution in [0.25, 0.3) is 0 Å². The fourth-order valence-electron chi connectivity index (χ4n) is 4.88. The number of benzene rings is 4. The van der Waals surface area contributed by atoms with Gasteiger partial charge < -0.3 is 10.2 Å². The van der Waals surface area contributed by atoms with Crippen molar-refractivity contribution in [3.8, 4) is 0 Å². The molecule has 0 aliphatic carbocycles. The van der Waals surface area contributed by atoms with E-state index in [1.165, 1.54) is 23.1 Å². The molecular weight excluding hydrogens is 577 g/mol. The molecule has 1 unspecified atom stereocenters. The molecule has 1 N–H and O–H groups in total. The highest BCUT2D eigenvalue weighted by Crippen LogP contribution is 2.26. The summed E-state index contributed by atoms with van der Waals surface area (Å²) in [6.45, 7) is 3.49. The van der Waals surface area contributed by atoms with Crippen molar-refractivity contribution in [3.05, 3.63) is 132 Å². The number of amides is 2. The van der Waals surface area contributed by atoms with E-state index in [1.807, 2.05) is 56.3 Å². The minimum absolute atomic E-state index is 0.0227. The number of anilines is 1. The van der Waals surface area contributed by atoms with Gasteiger partial charge in [0.25, 0.3) is 10.0 Å². The van der Waals surface area contributed by atoms with Crippen molar-refractivity contribution < 1.29 is 22.4 Å². The van der Waals surface area contributed by atoms with Gasteiger partial charge in [-0.1, -0.05) is 92.7 Å². The average Bonchev–Trinajstić information content (AvgIpc) is 3.05. The predicted molar refractivity (Wildman–Crippen MR) is 171 cm³/mol. The number of aryl methyl sites for hydroxylation is 1. The lowest BCUT2D eigenvalue weighted by molar-refractivity contribution is -0.140. The van der Waals surface area contributed by atoms with E-state index in [0.717, 1.165) is 21.9 Å². The molecule has 0 spiro atoms. The molecule has 230 valence electrons. The molecule has 44 heavy (non-hydrogen) atoms. The Balaban J connectivity index is 1.80. The van der Waals surface area contributed by atoms with Gasteiger partial charge in [0, 0.05) is 25.1 Å². The van der Waals surface area contributed by atoms with Crippen molar-refractivity contribution in [1.82, 2.24) is 10.2 Å². The molecule has 0 bridgehead atoms. The normalized spacial score (nSPS) is 11.9. The Morgan fingerprint density at radius 1 is 0.795 bits per heavy atom. The second kappa shape index (κ2) is 15.3. The number of nitrogens with zero attached hydrogens (tertiary/aromatic N) is 2. The lowest BCUT2D eigenvalue weighted by atomic mass is 10.0. The minimum Gasteiger partial charge on any atom is -0.354 e. The third-order valence-electron chi connectivity index (χ3n) is 7.36. The molecule has 0 saturated carbocycles. The first-order chi connectivity index (χ1) is 21.2. The summed E-state index contributed by atoms with van der Waals surface area (Å²) in [6, 6.07) is 29.1. The predicted octanol–water partition coefficient (Wildman–Crippen LogP) is 5.75. The Labute approximate surface area is 259 Å². The summed E-state index contributed by atoms with van der Waals surface area (Å²) in [7, 11) is -4.19. The molecule has 2 amide bonds. The van der Waals surface area contributed by atoms with Gasteiger partial charge in [0.1, 0.15) is 18.4 Å². The summed E-state index contributed by atoms with van der Waals surface area (Å²) in [5, 5.41) is 2.88. The minimum atomic E-state index is -4.19. The van der Waals surface area contributed by atoms with Crippen LogP contribution in [0.2, 0.25) is 0 Å². The molecule has 0 fully saturated rings. The van der Waals surface area contributed by atoms with Gasteiger partial charge in [0.15, 0.2) is 0 Å². The maximum atomic E-state index is 15.0. The maximum Gasteiger partial charge on any atom is 0.264 e. The number of nitrogens with one attached hydrogen (secondary N) is 1. The van der Waals surface area contributed by atoms with E-state index in [9.17, 15) is 22.4 Å². The summed E-state index contributed by atoms with van der Waals surface area (Å²) in [5.74, 6) is -1.56. The van der Waals surface area contributed by atoms with E-state index in [0.29, 0.717) is 18.7 Å². The van der Waals surface area contributed by atoms with Gasteiger partial charge in [-0.25, -0.2) is 12.8 Å². The highest BCUT2D eigenvalue weighted by molar-refractivity contribution is 7.92. The molecule has 9 heteroatoms. The van der Waals surface area contributed by atoms with Crippen molar-refractivity contribution in [2.45, 2.75) is 50.6 Å². The van der Waals surface area contributed by atoms with Crippen molar-refractivity contribution in [3.63, 3.8) is 0 Å². The lowest BCUT2D eigenvalue weighted by Gasteiger charge is -2.34. The Morgan fingerprint density at radius 2 is 1.41 bits per heavy atom. The maximum absolute atomic E-state index is 15.0. The van der Waals surface area contributed by atoms with Crippen LogP contribution in [-0.2, 0) is 39.0 Å². The quantitative estimate of drug-likeness (QED) is 0.196. The lowest BCUT2D eigenvalue weighted by Crippen LogP contribution is -2.53. The van der Waals surface area contributed by atoms with Crippen LogP contribution >= 0.6 is 0 Å². The van der Waals surface area contributed by atoms with E-state index in [-0.39, 0.29) is 23.4 Å². The van der Waals surface area contributed by atoms with Gasteiger partial charge >= 0.3 is 0 Å². The van der Waals surface area contributed by atoms with Crippen molar-refractivity contribution in [2.75, 3.05) is 17.4 Å². The van der Waals surface area contributed by atoms with E-state index in [2.05, 4.69) is 5.32 Å². The summed E-state index contributed by atoms with van der Waals surface area (Å²) >= 11 is 0. The first-order valence-electron chi connectivity index (χ1n) is 14.8. The number of halogens is 1. The summed E-state index contributed by atoms with van der Waals surface area (Å²) < 4.78 is 44.0. The SMILES string of the molecule is CCCNC(=O)C(Cc1ccccc1)N(Cc1ccccc1F)C(=O)CN(c1ccc(CC)cc1)S(=O)(=O)c1ccccc1.